The zero-order valence-corrected chi connectivity index (χ0v) is 18.3. The second kappa shape index (κ2) is 9.86. The fourth-order valence-electron chi connectivity index (χ4n) is 2.75. The van der Waals surface area contributed by atoms with E-state index in [4.69, 9.17) is 14.2 Å². The number of esters is 1. The van der Waals surface area contributed by atoms with Crippen molar-refractivity contribution in [3.8, 4) is 11.5 Å². The number of nitrogens with zero attached hydrogens (tertiary/aromatic N) is 1. The summed E-state index contributed by atoms with van der Waals surface area (Å²) >= 11 is 0.747. The van der Waals surface area contributed by atoms with Gasteiger partial charge in [0.05, 0.1) is 18.1 Å². The van der Waals surface area contributed by atoms with Crippen molar-refractivity contribution in [2.45, 2.75) is 38.8 Å². The van der Waals surface area contributed by atoms with Crippen molar-refractivity contribution in [1.29, 1.82) is 0 Å². The number of carbonyl (C=O) groups excluding carboxylic acids is 4. The molecule has 3 amide bonds. The van der Waals surface area contributed by atoms with Gasteiger partial charge in [-0.3, -0.25) is 24.1 Å². The van der Waals surface area contributed by atoms with E-state index in [9.17, 15) is 19.2 Å². The summed E-state index contributed by atoms with van der Waals surface area (Å²) in [7, 11) is 1.46. The Morgan fingerprint density at radius 2 is 2.00 bits per heavy atom. The van der Waals surface area contributed by atoms with Gasteiger partial charge in [-0.15, -0.1) is 0 Å². The molecule has 0 atom stereocenters. The number of hydrogen-bond donors (Lipinski definition) is 1. The van der Waals surface area contributed by atoms with Crippen molar-refractivity contribution in [2.24, 2.45) is 0 Å². The minimum Gasteiger partial charge on any atom is -0.493 e. The molecule has 31 heavy (non-hydrogen) atoms. The van der Waals surface area contributed by atoms with Gasteiger partial charge in [-0.25, -0.2) is 0 Å². The summed E-state index contributed by atoms with van der Waals surface area (Å²) in [6, 6.07) is 5.19. The molecule has 0 unspecified atom stereocenters. The highest BCUT2D eigenvalue weighted by Gasteiger charge is 2.36. The van der Waals surface area contributed by atoms with Crippen LogP contribution in [0, 0.1) is 0 Å². The van der Waals surface area contributed by atoms with Crippen molar-refractivity contribution in [3.05, 3.63) is 28.7 Å². The molecule has 3 rings (SSSR count). The van der Waals surface area contributed by atoms with Crippen LogP contribution in [-0.4, -0.2) is 60.3 Å². The van der Waals surface area contributed by atoms with Crippen molar-refractivity contribution < 1.29 is 33.4 Å². The van der Waals surface area contributed by atoms with Crippen LogP contribution in [0.25, 0.3) is 6.08 Å². The highest BCUT2D eigenvalue weighted by Crippen LogP contribution is 2.34. The van der Waals surface area contributed by atoms with E-state index in [1.54, 1.807) is 32.0 Å². The number of imide groups is 1. The first kappa shape index (κ1) is 22.7. The number of thioether (sulfide) groups is 1. The minimum atomic E-state index is -0.646. The Kier molecular flexibility index (Phi) is 7.21. The predicted octanol–water partition coefficient (Wildman–Crippen LogP) is 2.34. The summed E-state index contributed by atoms with van der Waals surface area (Å²) in [5.74, 6) is -0.639. The normalized spacial score (nSPS) is 17.3. The zero-order chi connectivity index (χ0) is 22.5. The number of methoxy groups -OCH3 is 1. The molecule has 0 spiro atoms. The van der Waals surface area contributed by atoms with Gasteiger partial charge in [0.15, 0.2) is 18.1 Å². The maximum Gasteiger partial charge on any atom is 0.326 e. The van der Waals surface area contributed by atoms with Crippen LogP contribution in [-0.2, 0) is 19.1 Å². The summed E-state index contributed by atoms with van der Waals surface area (Å²) in [6.45, 7) is 2.81. The van der Waals surface area contributed by atoms with Gasteiger partial charge in [-0.1, -0.05) is 6.07 Å². The van der Waals surface area contributed by atoms with Crippen molar-refractivity contribution >= 4 is 40.9 Å². The summed E-state index contributed by atoms with van der Waals surface area (Å²) in [4.78, 5) is 49.3. The molecule has 10 heteroatoms. The van der Waals surface area contributed by atoms with E-state index in [-0.39, 0.29) is 29.6 Å². The van der Waals surface area contributed by atoms with Crippen LogP contribution in [0.2, 0.25) is 0 Å². The van der Waals surface area contributed by atoms with Crippen molar-refractivity contribution in [3.63, 3.8) is 0 Å². The molecule has 9 nitrogen and oxygen atoms in total. The fourth-order valence-corrected chi connectivity index (χ4v) is 3.59. The quantitative estimate of drug-likeness (QED) is 0.453. The van der Waals surface area contributed by atoms with Gasteiger partial charge in [0.25, 0.3) is 17.1 Å². The monoisotopic (exact) mass is 448 g/mol. The summed E-state index contributed by atoms with van der Waals surface area (Å²) in [6.07, 6.45) is 3.18. The van der Waals surface area contributed by atoms with E-state index in [1.165, 1.54) is 13.2 Å². The van der Waals surface area contributed by atoms with Crippen LogP contribution < -0.4 is 14.8 Å². The molecular formula is C21H24N2O7S. The Hall–Kier alpha value is -3.01. The Balaban J connectivity index is 1.66. The van der Waals surface area contributed by atoms with E-state index < -0.39 is 23.7 Å². The van der Waals surface area contributed by atoms with Gasteiger partial charge < -0.3 is 19.5 Å². The fraction of sp³-hybridized carbons (Fsp3) is 0.429. The molecule has 166 valence electrons. The van der Waals surface area contributed by atoms with Gasteiger partial charge in [-0.05, 0) is 62.2 Å². The van der Waals surface area contributed by atoms with Gasteiger partial charge in [0.1, 0.15) is 6.54 Å². The highest BCUT2D eigenvalue weighted by atomic mass is 32.2. The molecule has 0 aromatic heterocycles. The second-order valence-electron chi connectivity index (χ2n) is 7.35. The number of benzene rings is 1. The van der Waals surface area contributed by atoms with Crippen LogP contribution in [0.15, 0.2) is 23.1 Å². The first-order chi connectivity index (χ1) is 14.8. The Bertz CT molecular complexity index is 924. The third-order valence-corrected chi connectivity index (χ3v) is 5.22. The lowest BCUT2D eigenvalue weighted by atomic mass is 10.2. The average molecular weight is 448 g/mol. The van der Waals surface area contributed by atoms with Crippen LogP contribution in [0.3, 0.4) is 0 Å². The number of rotatable bonds is 9. The smallest absolute Gasteiger partial charge is 0.326 e. The highest BCUT2D eigenvalue weighted by molar-refractivity contribution is 8.18. The van der Waals surface area contributed by atoms with Crippen molar-refractivity contribution in [2.75, 3.05) is 20.3 Å². The largest absolute Gasteiger partial charge is 0.493 e. The first-order valence-electron chi connectivity index (χ1n) is 9.82. The molecule has 1 N–H and O–H groups in total. The molecule has 2 aliphatic rings. The molecular weight excluding hydrogens is 424 g/mol. The summed E-state index contributed by atoms with van der Waals surface area (Å²) in [5, 5.41) is 2.30. The van der Waals surface area contributed by atoms with E-state index >= 15 is 0 Å². The van der Waals surface area contributed by atoms with Gasteiger partial charge >= 0.3 is 5.97 Å². The minimum absolute atomic E-state index is 0.127. The first-order valence-corrected chi connectivity index (χ1v) is 10.6. The summed E-state index contributed by atoms with van der Waals surface area (Å²) in [5.41, 5.74) is 0.599. The predicted molar refractivity (Wildman–Crippen MR) is 114 cm³/mol. The summed E-state index contributed by atoms with van der Waals surface area (Å²) < 4.78 is 15.8. The number of amides is 3. The molecule has 1 aromatic rings. The standard InChI is InChI=1S/C21H24N2O7S/c1-12(2)30-19(25)10-23-20(26)17(31-21(23)27)9-13-4-7-15(16(8-13)28-3)29-11-18(24)22-14-5-6-14/h4,7-9,12,14H,5-6,10-11H2,1-3H3,(H,22,24)/b17-9-. The molecule has 1 saturated heterocycles. The maximum absolute atomic E-state index is 12.5. The van der Waals surface area contributed by atoms with Gasteiger partial charge in [0.2, 0.25) is 0 Å². The third kappa shape index (κ3) is 6.24. The molecule has 1 saturated carbocycles. The molecule has 1 heterocycles. The Morgan fingerprint density at radius 3 is 2.65 bits per heavy atom. The van der Waals surface area contributed by atoms with Crippen LogP contribution in [0.5, 0.6) is 11.5 Å². The Labute approximate surface area is 184 Å². The van der Waals surface area contributed by atoms with Gasteiger partial charge in [-0.2, -0.15) is 0 Å². The molecule has 2 fully saturated rings. The van der Waals surface area contributed by atoms with E-state index in [1.807, 2.05) is 0 Å². The average Bonchev–Trinajstić information content (AvgIpc) is 3.48. The Morgan fingerprint density at radius 1 is 1.26 bits per heavy atom. The molecule has 0 bridgehead atoms. The number of nitrogens with one attached hydrogen (secondary N) is 1. The number of carbonyl (C=O) groups is 4. The zero-order valence-electron chi connectivity index (χ0n) is 17.5. The topological polar surface area (TPSA) is 111 Å². The molecule has 1 aliphatic carbocycles. The van der Waals surface area contributed by atoms with Crippen LogP contribution >= 0.6 is 11.8 Å². The number of hydrogen-bond acceptors (Lipinski definition) is 8. The van der Waals surface area contributed by atoms with Gasteiger partial charge in [0, 0.05) is 6.04 Å². The van der Waals surface area contributed by atoms with Crippen LogP contribution in [0.1, 0.15) is 32.3 Å². The molecule has 1 aromatic carbocycles. The maximum atomic E-state index is 12.5. The van der Waals surface area contributed by atoms with Crippen molar-refractivity contribution in [1.82, 2.24) is 10.2 Å². The lowest BCUT2D eigenvalue weighted by Gasteiger charge is -2.13. The van der Waals surface area contributed by atoms with E-state index in [0.717, 1.165) is 29.5 Å². The lowest BCUT2D eigenvalue weighted by molar-refractivity contribution is -0.149. The molecule has 0 radical (unpaired) electrons. The SMILES string of the molecule is COc1cc(/C=C2\SC(=O)N(CC(=O)OC(C)C)C2=O)ccc1OCC(=O)NC1CC1. The number of ether oxygens (including phenoxy) is 3. The third-order valence-electron chi connectivity index (χ3n) is 4.31. The van der Waals surface area contributed by atoms with Crippen LogP contribution in [0.4, 0.5) is 4.79 Å². The molecule has 1 aliphatic heterocycles. The lowest BCUT2D eigenvalue weighted by Crippen LogP contribution is -2.35. The second-order valence-corrected chi connectivity index (χ2v) is 8.34. The van der Waals surface area contributed by atoms with E-state index in [2.05, 4.69) is 5.32 Å². The van der Waals surface area contributed by atoms with E-state index in [0.29, 0.717) is 17.1 Å².